The van der Waals surface area contributed by atoms with Gasteiger partial charge in [-0.1, -0.05) is 30.9 Å². The normalized spacial score (nSPS) is 10.7. The Morgan fingerprint density at radius 2 is 1.50 bits per heavy atom. The van der Waals surface area contributed by atoms with Crippen LogP contribution in [0.4, 0.5) is 0 Å². The Kier molecular flexibility index (Phi) is 5.37. The fraction of sp³-hybridized carbons (Fsp3) is 0.0500. The van der Waals surface area contributed by atoms with Crippen molar-refractivity contribution in [3.05, 3.63) is 70.8 Å². The molecule has 0 saturated heterocycles. The van der Waals surface area contributed by atoms with Gasteiger partial charge in [-0.15, -0.1) is 0 Å². The van der Waals surface area contributed by atoms with E-state index in [1.54, 1.807) is 25.1 Å². The van der Waals surface area contributed by atoms with E-state index >= 15 is 0 Å². The Morgan fingerprint density at radius 3 is 2.00 bits per heavy atom. The molecule has 0 heterocycles. The third-order valence-electron chi connectivity index (χ3n) is 3.80. The lowest BCUT2D eigenvalue weighted by molar-refractivity contribution is 0.0682. The molecule has 2 aromatic carbocycles. The highest BCUT2D eigenvalue weighted by molar-refractivity contribution is 6.02. The second-order valence-corrected chi connectivity index (χ2v) is 5.41. The SMILES string of the molecule is C=Cc1c(C(=O)O)cc(C(=O)O)cc1-c1cc(C(=O)O)ccc1/C=C/C. The molecule has 0 spiro atoms. The molecule has 6 nitrogen and oxygen atoms in total. The van der Waals surface area contributed by atoms with Crippen molar-refractivity contribution in [2.75, 3.05) is 0 Å². The second kappa shape index (κ2) is 7.48. The van der Waals surface area contributed by atoms with Crippen molar-refractivity contribution in [2.24, 2.45) is 0 Å². The topological polar surface area (TPSA) is 112 Å². The lowest BCUT2D eigenvalue weighted by atomic mass is 9.89. The first kappa shape index (κ1) is 18.7. The highest BCUT2D eigenvalue weighted by atomic mass is 16.4. The maximum absolute atomic E-state index is 11.6. The van der Waals surface area contributed by atoms with Gasteiger partial charge >= 0.3 is 17.9 Å². The number of aromatic carboxylic acids is 3. The van der Waals surface area contributed by atoms with E-state index in [0.717, 1.165) is 6.07 Å². The fourth-order valence-corrected chi connectivity index (χ4v) is 2.64. The molecule has 0 atom stereocenters. The molecule has 0 aliphatic carbocycles. The molecule has 2 aromatic rings. The summed E-state index contributed by atoms with van der Waals surface area (Å²) in [7, 11) is 0. The van der Waals surface area contributed by atoms with E-state index in [0.29, 0.717) is 11.1 Å². The van der Waals surface area contributed by atoms with Crippen molar-refractivity contribution >= 4 is 30.1 Å². The van der Waals surface area contributed by atoms with Crippen LogP contribution < -0.4 is 0 Å². The number of benzene rings is 2. The minimum Gasteiger partial charge on any atom is -0.478 e. The molecule has 0 radical (unpaired) electrons. The van der Waals surface area contributed by atoms with E-state index in [-0.39, 0.29) is 27.8 Å². The Labute approximate surface area is 149 Å². The number of rotatable bonds is 6. The van der Waals surface area contributed by atoms with Gasteiger partial charge in [0.15, 0.2) is 0 Å². The molecule has 132 valence electrons. The molecule has 0 bridgehead atoms. The van der Waals surface area contributed by atoms with Gasteiger partial charge in [-0.25, -0.2) is 14.4 Å². The monoisotopic (exact) mass is 352 g/mol. The van der Waals surface area contributed by atoms with Crippen LogP contribution in [0.3, 0.4) is 0 Å². The molecule has 2 rings (SSSR count). The van der Waals surface area contributed by atoms with Crippen LogP contribution in [0.15, 0.2) is 43.0 Å². The van der Waals surface area contributed by atoms with Gasteiger partial charge in [0.2, 0.25) is 0 Å². The van der Waals surface area contributed by atoms with Gasteiger partial charge in [0.25, 0.3) is 0 Å². The van der Waals surface area contributed by atoms with E-state index < -0.39 is 17.9 Å². The molecule has 0 amide bonds. The summed E-state index contributed by atoms with van der Waals surface area (Å²) < 4.78 is 0. The first-order chi connectivity index (χ1) is 12.3. The van der Waals surface area contributed by atoms with Crippen LogP contribution in [-0.4, -0.2) is 33.2 Å². The van der Waals surface area contributed by atoms with Gasteiger partial charge in [-0.05, 0) is 53.4 Å². The maximum atomic E-state index is 11.6. The zero-order chi connectivity index (χ0) is 19.4. The van der Waals surface area contributed by atoms with E-state index in [9.17, 15) is 29.7 Å². The lowest BCUT2D eigenvalue weighted by Gasteiger charge is -2.14. The van der Waals surface area contributed by atoms with Crippen molar-refractivity contribution in [1.29, 1.82) is 0 Å². The summed E-state index contributed by atoms with van der Waals surface area (Å²) in [5, 5.41) is 28.0. The predicted octanol–water partition coefficient (Wildman–Crippen LogP) is 4.12. The first-order valence-electron chi connectivity index (χ1n) is 7.57. The van der Waals surface area contributed by atoms with Crippen molar-refractivity contribution in [3.8, 4) is 11.1 Å². The van der Waals surface area contributed by atoms with Crippen LogP contribution in [0, 0.1) is 0 Å². The largest absolute Gasteiger partial charge is 0.478 e. The van der Waals surface area contributed by atoms with E-state index in [4.69, 9.17) is 0 Å². The van der Waals surface area contributed by atoms with Gasteiger partial charge in [0, 0.05) is 0 Å². The molecule has 6 heteroatoms. The van der Waals surface area contributed by atoms with Crippen LogP contribution >= 0.6 is 0 Å². The molecular formula is C20H16O6. The number of carbonyl (C=O) groups is 3. The summed E-state index contributed by atoms with van der Waals surface area (Å²) in [5.41, 5.74) is 1.10. The minimum absolute atomic E-state index is 0.000804. The molecule has 0 aliphatic rings. The standard InChI is InChI=1S/C20H16O6/c1-3-5-11-6-7-12(18(21)22)8-15(11)16-9-13(19(23)24)10-17(20(25)26)14(16)4-2/h3-10H,2H2,1H3,(H,21,22)(H,23,24)(H,25,26)/b5-3+. The summed E-state index contributed by atoms with van der Waals surface area (Å²) in [4.78, 5) is 34.3. The van der Waals surface area contributed by atoms with Gasteiger partial charge in [-0.2, -0.15) is 0 Å². The molecule has 0 saturated carbocycles. The first-order valence-corrected chi connectivity index (χ1v) is 7.57. The molecule has 26 heavy (non-hydrogen) atoms. The van der Waals surface area contributed by atoms with E-state index in [2.05, 4.69) is 6.58 Å². The van der Waals surface area contributed by atoms with Crippen molar-refractivity contribution in [1.82, 2.24) is 0 Å². The maximum Gasteiger partial charge on any atom is 0.336 e. The van der Waals surface area contributed by atoms with Gasteiger partial charge < -0.3 is 15.3 Å². The highest BCUT2D eigenvalue weighted by Gasteiger charge is 2.20. The summed E-state index contributed by atoms with van der Waals surface area (Å²) >= 11 is 0. The number of hydrogen-bond acceptors (Lipinski definition) is 3. The Hall–Kier alpha value is -3.67. The molecular weight excluding hydrogens is 336 g/mol. The average molecular weight is 352 g/mol. The summed E-state index contributed by atoms with van der Waals surface area (Å²) in [5.74, 6) is -3.73. The predicted molar refractivity (Wildman–Crippen MR) is 97.6 cm³/mol. The zero-order valence-electron chi connectivity index (χ0n) is 13.9. The Morgan fingerprint density at radius 1 is 0.885 bits per heavy atom. The van der Waals surface area contributed by atoms with Crippen molar-refractivity contribution in [2.45, 2.75) is 6.92 Å². The number of hydrogen-bond donors (Lipinski definition) is 3. The molecule has 0 fully saturated rings. The van der Waals surface area contributed by atoms with Gasteiger partial charge in [-0.3, -0.25) is 0 Å². The average Bonchev–Trinajstić information content (AvgIpc) is 2.60. The highest BCUT2D eigenvalue weighted by Crippen LogP contribution is 2.33. The minimum atomic E-state index is -1.30. The summed E-state index contributed by atoms with van der Waals surface area (Å²) in [6.45, 7) is 5.40. The van der Waals surface area contributed by atoms with E-state index in [1.165, 1.54) is 24.3 Å². The molecule has 3 N–H and O–H groups in total. The molecule has 0 unspecified atom stereocenters. The van der Waals surface area contributed by atoms with Gasteiger partial charge in [0.05, 0.1) is 16.7 Å². The third kappa shape index (κ3) is 3.54. The van der Waals surface area contributed by atoms with Gasteiger partial charge in [0.1, 0.15) is 0 Å². The summed E-state index contributed by atoms with van der Waals surface area (Å²) in [6, 6.07) is 6.77. The Balaban J connectivity index is 2.96. The fourth-order valence-electron chi connectivity index (χ4n) is 2.64. The van der Waals surface area contributed by atoms with Crippen LogP contribution in [0.2, 0.25) is 0 Å². The lowest BCUT2D eigenvalue weighted by Crippen LogP contribution is -2.07. The quantitative estimate of drug-likeness (QED) is 0.721. The zero-order valence-corrected chi connectivity index (χ0v) is 13.9. The second-order valence-electron chi connectivity index (χ2n) is 5.41. The van der Waals surface area contributed by atoms with Crippen LogP contribution in [0.5, 0.6) is 0 Å². The number of carboxylic acids is 3. The Bertz CT molecular complexity index is 953. The van der Waals surface area contributed by atoms with E-state index in [1.807, 2.05) is 0 Å². The van der Waals surface area contributed by atoms with Crippen molar-refractivity contribution in [3.63, 3.8) is 0 Å². The number of allylic oxidation sites excluding steroid dienone is 1. The van der Waals surface area contributed by atoms with Crippen LogP contribution in [-0.2, 0) is 0 Å². The smallest absolute Gasteiger partial charge is 0.336 e. The van der Waals surface area contributed by atoms with Crippen LogP contribution in [0.25, 0.3) is 23.3 Å². The molecule has 0 aliphatic heterocycles. The molecule has 0 aromatic heterocycles. The van der Waals surface area contributed by atoms with Crippen LogP contribution in [0.1, 0.15) is 49.1 Å². The summed E-state index contributed by atoms with van der Waals surface area (Å²) in [6.07, 6.45) is 4.78. The van der Waals surface area contributed by atoms with Crippen molar-refractivity contribution < 1.29 is 29.7 Å². The third-order valence-corrected chi connectivity index (χ3v) is 3.80. The number of carboxylic acid groups (broad SMARTS) is 3.